The van der Waals surface area contributed by atoms with Crippen molar-refractivity contribution in [2.24, 2.45) is 5.41 Å². The zero-order valence-electron chi connectivity index (χ0n) is 12.4. The van der Waals surface area contributed by atoms with Crippen LogP contribution in [0.15, 0.2) is 0 Å². The fourth-order valence-electron chi connectivity index (χ4n) is 2.69. The Bertz CT molecular complexity index is 436. The van der Waals surface area contributed by atoms with Gasteiger partial charge in [-0.05, 0) is 32.1 Å². The number of carboxylic acids is 1. The highest BCUT2D eigenvalue weighted by molar-refractivity contribution is 5.85. The molecule has 7 heteroatoms. The van der Waals surface area contributed by atoms with Gasteiger partial charge >= 0.3 is 12.0 Å². The molecule has 1 atom stereocenters. The van der Waals surface area contributed by atoms with Gasteiger partial charge in [-0.1, -0.05) is 6.92 Å². The number of carboxylic acid groups (broad SMARTS) is 1. The summed E-state index contributed by atoms with van der Waals surface area (Å²) in [6.45, 7) is 2.51. The van der Waals surface area contributed by atoms with E-state index in [4.69, 9.17) is 0 Å². The number of aliphatic carboxylic acids is 1. The SMILES string of the molecule is CCC1(C(=O)O)CCCN(C(=O)NCC(=O)NC2CC2)C1. The predicted molar refractivity (Wildman–Crippen MR) is 75.7 cm³/mol. The van der Waals surface area contributed by atoms with E-state index >= 15 is 0 Å². The summed E-state index contributed by atoms with van der Waals surface area (Å²) in [4.78, 5) is 36.6. The van der Waals surface area contributed by atoms with Gasteiger partial charge in [-0.2, -0.15) is 0 Å². The van der Waals surface area contributed by atoms with Crippen molar-refractivity contribution in [3.05, 3.63) is 0 Å². The summed E-state index contributed by atoms with van der Waals surface area (Å²) in [5.74, 6) is -1.04. The van der Waals surface area contributed by atoms with Crippen molar-refractivity contribution >= 4 is 17.9 Å². The molecule has 3 amide bonds. The van der Waals surface area contributed by atoms with Crippen LogP contribution < -0.4 is 10.6 Å². The number of carbonyl (C=O) groups is 3. The maximum atomic E-state index is 12.1. The first-order chi connectivity index (χ1) is 9.97. The van der Waals surface area contributed by atoms with Crippen molar-refractivity contribution in [1.29, 1.82) is 0 Å². The summed E-state index contributed by atoms with van der Waals surface area (Å²) in [6, 6.07) is -0.0936. The van der Waals surface area contributed by atoms with Crippen LogP contribution in [-0.4, -0.2) is 53.6 Å². The van der Waals surface area contributed by atoms with Gasteiger partial charge in [0, 0.05) is 19.1 Å². The molecule has 1 aliphatic carbocycles. The summed E-state index contributed by atoms with van der Waals surface area (Å²) >= 11 is 0. The number of urea groups is 1. The molecule has 2 fully saturated rings. The second-order valence-electron chi connectivity index (χ2n) is 5.96. The van der Waals surface area contributed by atoms with E-state index in [0.717, 1.165) is 12.8 Å². The summed E-state index contributed by atoms with van der Waals surface area (Å²) in [7, 11) is 0. The third-order valence-corrected chi connectivity index (χ3v) is 4.34. The van der Waals surface area contributed by atoms with Crippen molar-refractivity contribution < 1.29 is 19.5 Å². The van der Waals surface area contributed by atoms with Crippen LogP contribution in [0.3, 0.4) is 0 Å². The number of nitrogens with one attached hydrogen (secondary N) is 2. The maximum absolute atomic E-state index is 12.1. The zero-order chi connectivity index (χ0) is 15.5. The van der Waals surface area contributed by atoms with Gasteiger partial charge in [-0.3, -0.25) is 9.59 Å². The van der Waals surface area contributed by atoms with Crippen LogP contribution in [0.2, 0.25) is 0 Å². The molecule has 0 aromatic heterocycles. The molecule has 3 N–H and O–H groups in total. The molecule has 0 aromatic rings. The van der Waals surface area contributed by atoms with E-state index in [1.807, 2.05) is 6.92 Å². The fraction of sp³-hybridized carbons (Fsp3) is 0.786. The summed E-state index contributed by atoms with van der Waals surface area (Å²) < 4.78 is 0. The number of rotatable bonds is 5. The first-order valence-corrected chi connectivity index (χ1v) is 7.52. The standard InChI is InChI=1S/C14H23N3O4/c1-2-14(12(19)20)6-3-7-17(9-14)13(21)15-8-11(18)16-10-4-5-10/h10H,2-9H2,1H3,(H,15,21)(H,16,18)(H,19,20). The smallest absolute Gasteiger partial charge is 0.317 e. The molecule has 7 nitrogen and oxygen atoms in total. The van der Waals surface area contributed by atoms with Crippen LogP contribution >= 0.6 is 0 Å². The zero-order valence-corrected chi connectivity index (χ0v) is 12.4. The molecule has 1 aliphatic heterocycles. The van der Waals surface area contributed by atoms with Crippen LogP contribution in [0.4, 0.5) is 4.79 Å². The average Bonchev–Trinajstić information content (AvgIpc) is 3.28. The molecule has 1 heterocycles. The first-order valence-electron chi connectivity index (χ1n) is 7.52. The Hall–Kier alpha value is -1.79. The van der Waals surface area contributed by atoms with Gasteiger partial charge in [-0.15, -0.1) is 0 Å². The molecule has 1 saturated carbocycles. The summed E-state index contributed by atoms with van der Waals surface area (Å²) in [6.07, 6.45) is 3.76. The molecule has 2 aliphatic rings. The average molecular weight is 297 g/mol. The molecule has 0 bridgehead atoms. The molecule has 0 spiro atoms. The Morgan fingerprint density at radius 2 is 2.05 bits per heavy atom. The van der Waals surface area contributed by atoms with Gasteiger partial charge in [0.15, 0.2) is 0 Å². The van der Waals surface area contributed by atoms with E-state index in [2.05, 4.69) is 10.6 Å². The lowest BCUT2D eigenvalue weighted by Gasteiger charge is -2.39. The fourth-order valence-corrected chi connectivity index (χ4v) is 2.69. The summed E-state index contributed by atoms with van der Waals surface area (Å²) in [5, 5.41) is 14.7. The van der Waals surface area contributed by atoms with Gasteiger partial charge in [0.25, 0.3) is 0 Å². The molecule has 21 heavy (non-hydrogen) atoms. The molecule has 0 radical (unpaired) electrons. The normalized spacial score (nSPS) is 25.3. The van der Waals surface area contributed by atoms with Crippen molar-refractivity contribution in [2.45, 2.75) is 45.1 Å². The van der Waals surface area contributed by atoms with Gasteiger partial charge in [0.05, 0.1) is 12.0 Å². The summed E-state index contributed by atoms with van der Waals surface area (Å²) in [5.41, 5.74) is -0.855. The third kappa shape index (κ3) is 3.86. The molecule has 1 unspecified atom stereocenters. The van der Waals surface area contributed by atoms with E-state index in [9.17, 15) is 19.5 Å². The number of likely N-dealkylation sites (tertiary alicyclic amines) is 1. The highest BCUT2D eigenvalue weighted by Crippen LogP contribution is 2.33. The lowest BCUT2D eigenvalue weighted by atomic mass is 9.78. The predicted octanol–water partition coefficient (Wildman–Crippen LogP) is 0.551. The Balaban J connectivity index is 1.83. The van der Waals surface area contributed by atoms with E-state index in [1.54, 1.807) is 0 Å². The minimum atomic E-state index is -0.855. The van der Waals surface area contributed by atoms with Crippen molar-refractivity contribution in [2.75, 3.05) is 19.6 Å². The van der Waals surface area contributed by atoms with Gasteiger partial charge in [0.1, 0.15) is 0 Å². The molecule has 118 valence electrons. The minimum absolute atomic E-state index is 0.0575. The van der Waals surface area contributed by atoms with Crippen molar-refractivity contribution in [3.63, 3.8) is 0 Å². The monoisotopic (exact) mass is 297 g/mol. The van der Waals surface area contributed by atoms with Crippen LogP contribution in [0, 0.1) is 5.41 Å². The highest BCUT2D eigenvalue weighted by atomic mass is 16.4. The lowest BCUT2D eigenvalue weighted by molar-refractivity contribution is -0.152. The second-order valence-corrected chi connectivity index (χ2v) is 5.96. The van der Waals surface area contributed by atoms with Crippen LogP contribution in [-0.2, 0) is 9.59 Å². The Morgan fingerprint density at radius 1 is 1.33 bits per heavy atom. The van der Waals surface area contributed by atoms with Gasteiger partial charge in [0.2, 0.25) is 5.91 Å². The quantitative estimate of drug-likeness (QED) is 0.690. The molecular formula is C14H23N3O4. The second kappa shape index (κ2) is 6.32. The minimum Gasteiger partial charge on any atom is -0.481 e. The Kier molecular flexibility index (Phi) is 4.69. The van der Waals surface area contributed by atoms with E-state index in [0.29, 0.717) is 25.8 Å². The van der Waals surface area contributed by atoms with E-state index < -0.39 is 11.4 Å². The molecular weight excluding hydrogens is 274 g/mol. The van der Waals surface area contributed by atoms with Crippen LogP contribution in [0.5, 0.6) is 0 Å². The number of hydrogen-bond acceptors (Lipinski definition) is 3. The van der Waals surface area contributed by atoms with Crippen molar-refractivity contribution in [1.82, 2.24) is 15.5 Å². The largest absolute Gasteiger partial charge is 0.481 e. The van der Waals surface area contributed by atoms with Crippen LogP contribution in [0.25, 0.3) is 0 Å². The molecule has 2 rings (SSSR count). The van der Waals surface area contributed by atoms with Gasteiger partial charge < -0.3 is 20.6 Å². The first kappa shape index (κ1) is 15.6. The van der Waals surface area contributed by atoms with E-state index in [1.165, 1.54) is 4.90 Å². The highest BCUT2D eigenvalue weighted by Gasteiger charge is 2.42. The number of piperidine rings is 1. The van der Waals surface area contributed by atoms with E-state index in [-0.39, 0.29) is 31.1 Å². The number of nitrogens with zero attached hydrogens (tertiary/aromatic N) is 1. The topological polar surface area (TPSA) is 98.7 Å². The maximum Gasteiger partial charge on any atom is 0.317 e. The number of hydrogen-bond donors (Lipinski definition) is 3. The van der Waals surface area contributed by atoms with Crippen molar-refractivity contribution in [3.8, 4) is 0 Å². The van der Waals surface area contributed by atoms with Gasteiger partial charge in [-0.25, -0.2) is 4.79 Å². The third-order valence-electron chi connectivity index (χ3n) is 4.34. The number of amides is 3. The van der Waals surface area contributed by atoms with Crippen LogP contribution in [0.1, 0.15) is 39.0 Å². The lowest BCUT2D eigenvalue weighted by Crippen LogP contribution is -2.53. The Morgan fingerprint density at radius 3 is 2.62 bits per heavy atom. The Labute approximate surface area is 124 Å². The molecule has 1 saturated heterocycles. The molecule has 0 aromatic carbocycles. The number of carbonyl (C=O) groups excluding carboxylic acids is 2.